The van der Waals surface area contributed by atoms with Gasteiger partial charge in [-0.3, -0.25) is 4.79 Å². The molecule has 3 heteroatoms. The lowest BCUT2D eigenvalue weighted by molar-refractivity contribution is 0.102. The summed E-state index contributed by atoms with van der Waals surface area (Å²) in [5, 5.41) is 6.25. The molecule has 20 heavy (non-hydrogen) atoms. The van der Waals surface area contributed by atoms with Crippen LogP contribution in [-0.2, 0) is 19.5 Å². The van der Waals surface area contributed by atoms with E-state index in [9.17, 15) is 4.79 Å². The molecule has 3 rings (SSSR count). The van der Waals surface area contributed by atoms with Crippen molar-refractivity contribution < 1.29 is 4.79 Å². The molecule has 0 fully saturated rings. The molecule has 2 aromatic rings. The molecule has 1 aliphatic heterocycles. The minimum absolute atomic E-state index is 0.0482. The van der Waals surface area contributed by atoms with Gasteiger partial charge in [-0.1, -0.05) is 25.1 Å². The number of rotatable bonds is 3. The molecule has 2 N–H and O–H groups in total. The molecule has 102 valence electrons. The second-order valence-corrected chi connectivity index (χ2v) is 5.10. The Morgan fingerprint density at radius 3 is 2.85 bits per heavy atom. The van der Waals surface area contributed by atoms with Crippen LogP contribution in [0.25, 0.3) is 0 Å². The maximum Gasteiger partial charge on any atom is 0.255 e. The summed E-state index contributed by atoms with van der Waals surface area (Å²) in [6.07, 6.45) is 0.966. The zero-order chi connectivity index (χ0) is 13.9. The van der Waals surface area contributed by atoms with Crippen LogP contribution in [0.15, 0.2) is 42.5 Å². The van der Waals surface area contributed by atoms with Gasteiger partial charge < -0.3 is 10.6 Å². The van der Waals surface area contributed by atoms with E-state index in [0.29, 0.717) is 5.56 Å². The number of carbonyl (C=O) groups is 1. The minimum atomic E-state index is -0.0482. The van der Waals surface area contributed by atoms with Gasteiger partial charge >= 0.3 is 0 Å². The molecule has 0 radical (unpaired) electrons. The third-order valence-corrected chi connectivity index (χ3v) is 3.69. The van der Waals surface area contributed by atoms with Crippen molar-refractivity contribution in [3.05, 3.63) is 64.7 Å². The summed E-state index contributed by atoms with van der Waals surface area (Å²) in [6.45, 7) is 3.85. The van der Waals surface area contributed by atoms with E-state index in [0.717, 1.165) is 25.2 Å². The van der Waals surface area contributed by atoms with Crippen LogP contribution in [0.1, 0.15) is 34.0 Å². The van der Waals surface area contributed by atoms with Crippen molar-refractivity contribution in [1.82, 2.24) is 5.32 Å². The Labute approximate surface area is 119 Å². The lowest BCUT2D eigenvalue weighted by Gasteiger charge is -2.08. The first-order valence-corrected chi connectivity index (χ1v) is 6.99. The van der Waals surface area contributed by atoms with Gasteiger partial charge in [0.15, 0.2) is 0 Å². The van der Waals surface area contributed by atoms with Crippen LogP contribution in [-0.4, -0.2) is 5.91 Å². The van der Waals surface area contributed by atoms with Crippen molar-refractivity contribution in [2.45, 2.75) is 26.4 Å². The standard InChI is InChI=1S/C17H18N2O/c1-2-12-4-3-5-16(8-12)19-17(20)13-6-7-14-10-18-11-15(14)9-13/h3-9,18H,2,10-11H2,1H3,(H,19,20). The van der Waals surface area contributed by atoms with Crippen LogP contribution in [0, 0.1) is 0 Å². The van der Waals surface area contributed by atoms with Crippen LogP contribution in [0.4, 0.5) is 5.69 Å². The smallest absolute Gasteiger partial charge is 0.255 e. The third kappa shape index (κ3) is 2.58. The Bertz CT molecular complexity index is 649. The van der Waals surface area contributed by atoms with Gasteiger partial charge in [-0.15, -0.1) is 0 Å². The molecule has 0 atom stereocenters. The molecular weight excluding hydrogens is 248 g/mol. The monoisotopic (exact) mass is 266 g/mol. The Morgan fingerprint density at radius 2 is 2.00 bits per heavy atom. The maximum absolute atomic E-state index is 12.3. The van der Waals surface area contributed by atoms with E-state index < -0.39 is 0 Å². The number of hydrogen-bond acceptors (Lipinski definition) is 2. The van der Waals surface area contributed by atoms with E-state index >= 15 is 0 Å². The van der Waals surface area contributed by atoms with Crippen LogP contribution in [0.3, 0.4) is 0 Å². The van der Waals surface area contributed by atoms with Gasteiger partial charge in [-0.05, 0) is 47.4 Å². The molecule has 1 heterocycles. The normalized spacial score (nSPS) is 13.1. The molecule has 0 aliphatic carbocycles. The van der Waals surface area contributed by atoms with E-state index in [1.807, 2.05) is 36.4 Å². The quantitative estimate of drug-likeness (QED) is 0.896. The first kappa shape index (κ1) is 12.9. The zero-order valence-electron chi connectivity index (χ0n) is 11.6. The van der Waals surface area contributed by atoms with Gasteiger partial charge in [0.05, 0.1) is 0 Å². The largest absolute Gasteiger partial charge is 0.322 e. The number of aryl methyl sites for hydroxylation is 1. The van der Waals surface area contributed by atoms with Crippen molar-refractivity contribution >= 4 is 11.6 Å². The molecule has 3 nitrogen and oxygen atoms in total. The highest BCUT2D eigenvalue weighted by molar-refractivity contribution is 6.04. The molecule has 0 spiro atoms. The van der Waals surface area contributed by atoms with Gasteiger partial charge in [-0.25, -0.2) is 0 Å². The summed E-state index contributed by atoms with van der Waals surface area (Å²) in [5.74, 6) is -0.0482. The second kappa shape index (κ2) is 5.47. The molecule has 0 unspecified atom stereocenters. The zero-order valence-corrected chi connectivity index (χ0v) is 11.6. The summed E-state index contributed by atoms with van der Waals surface area (Å²) < 4.78 is 0. The first-order chi connectivity index (χ1) is 9.76. The fraction of sp³-hybridized carbons (Fsp3) is 0.235. The van der Waals surface area contributed by atoms with E-state index in [1.165, 1.54) is 16.7 Å². The van der Waals surface area contributed by atoms with E-state index in [1.54, 1.807) is 0 Å². The predicted octanol–water partition coefficient (Wildman–Crippen LogP) is 3.10. The number of carbonyl (C=O) groups excluding carboxylic acids is 1. The van der Waals surface area contributed by atoms with E-state index in [2.05, 4.69) is 23.6 Å². The summed E-state index contributed by atoms with van der Waals surface area (Å²) in [7, 11) is 0. The van der Waals surface area contributed by atoms with E-state index in [4.69, 9.17) is 0 Å². The highest BCUT2D eigenvalue weighted by Crippen LogP contribution is 2.18. The Balaban J connectivity index is 1.79. The van der Waals surface area contributed by atoms with E-state index in [-0.39, 0.29) is 5.91 Å². The van der Waals surface area contributed by atoms with Gasteiger partial charge in [-0.2, -0.15) is 0 Å². The minimum Gasteiger partial charge on any atom is -0.322 e. The average Bonchev–Trinajstić information content (AvgIpc) is 2.94. The predicted molar refractivity (Wildman–Crippen MR) is 80.8 cm³/mol. The molecule has 1 amide bonds. The maximum atomic E-state index is 12.3. The first-order valence-electron chi connectivity index (χ1n) is 6.99. The summed E-state index contributed by atoms with van der Waals surface area (Å²) in [5.41, 5.74) is 5.30. The summed E-state index contributed by atoms with van der Waals surface area (Å²) >= 11 is 0. The average molecular weight is 266 g/mol. The Morgan fingerprint density at radius 1 is 1.15 bits per heavy atom. The van der Waals surface area contributed by atoms with Crippen molar-refractivity contribution in [3.63, 3.8) is 0 Å². The fourth-order valence-corrected chi connectivity index (χ4v) is 2.51. The summed E-state index contributed by atoms with van der Waals surface area (Å²) in [6, 6.07) is 13.9. The van der Waals surface area contributed by atoms with Gasteiger partial charge in [0, 0.05) is 24.3 Å². The van der Waals surface area contributed by atoms with Crippen molar-refractivity contribution in [1.29, 1.82) is 0 Å². The Kier molecular flexibility index (Phi) is 3.52. The molecule has 0 bridgehead atoms. The third-order valence-electron chi connectivity index (χ3n) is 3.69. The lowest BCUT2D eigenvalue weighted by Crippen LogP contribution is -2.12. The molecule has 1 aliphatic rings. The number of amides is 1. The van der Waals surface area contributed by atoms with Crippen LogP contribution in [0.2, 0.25) is 0 Å². The van der Waals surface area contributed by atoms with Crippen molar-refractivity contribution in [3.8, 4) is 0 Å². The number of benzene rings is 2. The van der Waals surface area contributed by atoms with Gasteiger partial charge in [0.2, 0.25) is 0 Å². The molecule has 0 aromatic heterocycles. The highest BCUT2D eigenvalue weighted by Gasteiger charge is 2.13. The lowest BCUT2D eigenvalue weighted by atomic mass is 10.1. The number of hydrogen-bond donors (Lipinski definition) is 2. The van der Waals surface area contributed by atoms with Crippen LogP contribution < -0.4 is 10.6 Å². The van der Waals surface area contributed by atoms with Crippen LogP contribution >= 0.6 is 0 Å². The van der Waals surface area contributed by atoms with Gasteiger partial charge in [0.1, 0.15) is 0 Å². The van der Waals surface area contributed by atoms with Crippen molar-refractivity contribution in [2.24, 2.45) is 0 Å². The highest BCUT2D eigenvalue weighted by atomic mass is 16.1. The molecule has 0 saturated carbocycles. The van der Waals surface area contributed by atoms with Crippen molar-refractivity contribution in [2.75, 3.05) is 5.32 Å². The number of fused-ring (bicyclic) bond motifs is 1. The molecule has 0 saturated heterocycles. The second-order valence-electron chi connectivity index (χ2n) is 5.10. The molecule has 2 aromatic carbocycles. The Hall–Kier alpha value is -2.13. The number of anilines is 1. The molecular formula is C17H18N2O. The van der Waals surface area contributed by atoms with Gasteiger partial charge in [0.25, 0.3) is 5.91 Å². The van der Waals surface area contributed by atoms with Crippen LogP contribution in [0.5, 0.6) is 0 Å². The number of nitrogens with one attached hydrogen (secondary N) is 2. The SMILES string of the molecule is CCc1cccc(NC(=O)c2ccc3c(c2)CNC3)c1. The summed E-state index contributed by atoms with van der Waals surface area (Å²) in [4.78, 5) is 12.3. The fourth-order valence-electron chi connectivity index (χ4n) is 2.51. The topological polar surface area (TPSA) is 41.1 Å².